The molecule has 1 heterocycles. The zero-order valence-electron chi connectivity index (χ0n) is 10.6. The van der Waals surface area contributed by atoms with Crippen LogP contribution in [0.4, 0.5) is 11.4 Å². The Bertz CT molecular complexity index is 329. The zero-order chi connectivity index (χ0) is 11.6. The highest BCUT2D eigenvalue weighted by Gasteiger charge is 2.13. The highest BCUT2D eigenvalue weighted by Crippen LogP contribution is 2.23. The van der Waals surface area contributed by atoms with Crippen LogP contribution in [0, 0.1) is 0 Å². The maximum atomic E-state index is 3.48. The summed E-state index contributed by atoms with van der Waals surface area (Å²) in [5.41, 5.74) is 2.70. The van der Waals surface area contributed by atoms with E-state index in [9.17, 15) is 0 Å². The van der Waals surface area contributed by atoms with E-state index >= 15 is 0 Å². The van der Waals surface area contributed by atoms with Crippen LogP contribution in [0.15, 0.2) is 24.3 Å². The van der Waals surface area contributed by atoms with E-state index in [-0.39, 0.29) is 5.54 Å². The lowest BCUT2D eigenvalue weighted by atomic mass is 10.1. The molecule has 16 heavy (non-hydrogen) atoms. The van der Waals surface area contributed by atoms with E-state index < -0.39 is 0 Å². The summed E-state index contributed by atoms with van der Waals surface area (Å²) in [7, 11) is 0. The third-order valence-electron chi connectivity index (χ3n) is 2.86. The van der Waals surface area contributed by atoms with Gasteiger partial charge in [0.25, 0.3) is 0 Å². The van der Waals surface area contributed by atoms with Gasteiger partial charge < -0.3 is 10.2 Å². The monoisotopic (exact) mass is 218 g/mol. The fourth-order valence-electron chi connectivity index (χ4n) is 2.16. The third-order valence-corrected chi connectivity index (χ3v) is 2.86. The van der Waals surface area contributed by atoms with Crippen molar-refractivity contribution in [2.75, 3.05) is 23.3 Å². The number of benzene rings is 1. The number of nitrogens with zero attached hydrogens (tertiary/aromatic N) is 1. The topological polar surface area (TPSA) is 15.3 Å². The van der Waals surface area contributed by atoms with E-state index in [0.717, 1.165) is 0 Å². The minimum absolute atomic E-state index is 0.134. The van der Waals surface area contributed by atoms with Gasteiger partial charge in [-0.05, 0) is 57.9 Å². The molecule has 0 amide bonds. The Kier molecular flexibility index (Phi) is 3.08. The van der Waals surface area contributed by atoms with E-state index in [2.05, 4.69) is 55.3 Å². The molecular formula is C14H22N2. The summed E-state index contributed by atoms with van der Waals surface area (Å²) in [6.45, 7) is 8.97. The van der Waals surface area contributed by atoms with Crippen molar-refractivity contribution in [3.05, 3.63) is 24.3 Å². The Morgan fingerprint density at radius 1 is 1.00 bits per heavy atom. The maximum Gasteiger partial charge on any atom is 0.0367 e. The van der Waals surface area contributed by atoms with Crippen molar-refractivity contribution >= 4 is 11.4 Å². The van der Waals surface area contributed by atoms with E-state index in [1.807, 2.05) is 0 Å². The van der Waals surface area contributed by atoms with Crippen LogP contribution in [0.1, 0.15) is 33.6 Å². The van der Waals surface area contributed by atoms with E-state index in [4.69, 9.17) is 0 Å². The molecule has 1 aliphatic heterocycles. The molecule has 1 fully saturated rings. The fraction of sp³-hybridized carbons (Fsp3) is 0.571. The molecular weight excluding hydrogens is 196 g/mol. The molecule has 0 unspecified atom stereocenters. The first-order valence-corrected chi connectivity index (χ1v) is 6.18. The molecule has 88 valence electrons. The molecule has 1 saturated heterocycles. The summed E-state index contributed by atoms with van der Waals surface area (Å²) >= 11 is 0. The molecule has 1 aromatic carbocycles. The van der Waals surface area contributed by atoms with Crippen LogP contribution in [-0.4, -0.2) is 18.6 Å². The van der Waals surface area contributed by atoms with Crippen LogP contribution in [0.5, 0.6) is 0 Å². The second-order valence-electron chi connectivity index (χ2n) is 5.62. The molecule has 0 aromatic heterocycles. The van der Waals surface area contributed by atoms with Gasteiger partial charge in [-0.1, -0.05) is 0 Å². The van der Waals surface area contributed by atoms with E-state index in [1.165, 1.54) is 37.3 Å². The van der Waals surface area contributed by atoms with Gasteiger partial charge in [-0.2, -0.15) is 0 Å². The minimum Gasteiger partial charge on any atom is -0.380 e. The standard InChI is InChI=1S/C14H22N2/c1-14(2,3)15-12-6-8-13(9-7-12)16-10-4-5-11-16/h6-9,15H,4-5,10-11H2,1-3H3. The molecule has 0 bridgehead atoms. The third kappa shape index (κ3) is 2.91. The van der Waals surface area contributed by atoms with Gasteiger partial charge in [0.05, 0.1) is 0 Å². The van der Waals surface area contributed by atoms with Crippen LogP contribution in [0.25, 0.3) is 0 Å². The van der Waals surface area contributed by atoms with Gasteiger partial charge in [-0.3, -0.25) is 0 Å². The quantitative estimate of drug-likeness (QED) is 0.817. The number of nitrogens with one attached hydrogen (secondary N) is 1. The highest BCUT2D eigenvalue weighted by molar-refractivity contribution is 5.56. The summed E-state index contributed by atoms with van der Waals surface area (Å²) in [5.74, 6) is 0. The first kappa shape index (κ1) is 11.3. The fourth-order valence-corrected chi connectivity index (χ4v) is 2.16. The van der Waals surface area contributed by atoms with E-state index in [0.29, 0.717) is 0 Å². The lowest BCUT2D eigenvalue weighted by Crippen LogP contribution is -2.26. The Labute approximate surface area is 98.7 Å². The Morgan fingerprint density at radius 2 is 1.56 bits per heavy atom. The van der Waals surface area contributed by atoms with Gasteiger partial charge in [0.15, 0.2) is 0 Å². The van der Waals surface area contributed by atoms with Crippen molar-refractivity contribution < 1.29 is 0 Å². The number of anilines is 2. The van der Waals surface area contributed by atoms with Crippen LogP contribution in [-0.2, 0) is 0 Å². The zero-order valence-corrected chi connectivity index (χ0v) is 10.6. The summed E-state index contributed by atoms with van der Waals surface area (Å²) in [6, 6.07) is 8.80. The summed E-state index contributed by atoms with van der Waals surface area (Å²) in [6.07, 6.45) is 2.67. The van der Waals surface area contributed by atoms with Gasteiger partial charge in [0, 0.05) is 30.0 Å². The predicted molar refractivity (Wildman–Crippen MR) is 71.3 cm³/mol. The molecule has 1 aliphatic rings. The summed E-state index contributed by atoms with van der Waals surface area (Å²) in [5, 5.41) is 3.48. The van der Waals surface area contributed by atoms with E-state index in [1.54, 1.807) is 0 Å². The average Bonchev–Trinajstić information content (AvgIpc) is 2.69. The Morgan fingerprint density at radius 3 is 2.06 bits per heavy atom. The van der Waals surface area contributed by atoms with Crippen molar-refractivity contribution in [3.8, 4) is 0 Å². The van der Waals surface area contributed by atoms with Gasteiger partial charge in [0.1, 0.15) is 0 Å². The molecule has 2 nitrogen and oxygen atoms in total. The molecule has 0 atom stereocenters. The molecule has 0 spiro atoms. The van der Waals surface area contributed by atoms with Crippen molar-refractivity contribution in [2.24, 2.45) is 0 Å². The number of hydrogen-bond acceptors (Lipinski definition) is 2. The highest BCUT2D eigenvalue weighted by atomic mass is 15.1. The molecule has 2 heteroatoms. The molecule has 0 saturated carbocycles. The van der Waals surface area contributed by atoms with Crippen LogP contribution >= 0.6 is 0 Å². The molecule has 1 aromatic rings. The van der Waals surface area contributed by atoms with Crippen molar-refractivity contribution in [1.82, 2.24) is 0 Å². The minimum atomic E-state index is 0.134. The molecule has 0 radical (unpaired) electrons. The second kappa shape index (κ2) is 4.36. The Balaban J connectivity index is 2.04. The molecule has 0 aliphatic carbocycles. The Hall–Kier alpha value is -1.18. The molecule has 2 rings (SSSR count). The van der Waals surface area contributed by atoms with Crippen LogP contribution < -0.4 is 10.2 Å². The van der Waals surface area contributed by atoms with Gasteiger partial charge in [0.2, 0.25) is 0 Å². The SMILES string of the molecule is CC(C)(C)Nc1ccc(N2CCCC2)cc1. The van der Waals surface area contributed by atoms with Crippen LogP contribution in [0.2, 0.25) is 0 Å². The maximum absolute atomic E-state index is 3.48. The molecule has 1 N–H and O–H groups in total. The average molecular weight is 218 g/mol. The number of rotatable bonds is 2. The lowest BCUT2D eigenvalue weighted by Gasteiger charge is -2.23. The lowest BCUT2D eigenvalue weighted by molar-refractivity contribution is 0.634. The van der Waals surface area contributed by atoms with Crippen LogP contribution in [0.3, 0.4) is 0 Å². The van der Waals surface area contributed by atoms with Crippen molar-refractivity contribution in [3.63, 3.8) is 0 Å². The summed E-state index contributed by atoms with van der Waals surface area (Å²) < 4.78 is 0. The second-order valence-corrected chi connectivity index (χ2v) is 5.62. The number of hydrogen-bond donors (Lipinski definition) is 1. The van der Waals surface area contributed by atoms with Gasteiger partial charge in [-0.25, -0.2) is 0 Å². The smallest absolute Gasteiger partial charge is 0.0367 e. The predicted octanol–water partition coefficient (Wildman–Crippen LogP) is 3.50. The van der Waals surface area contributed by atoms with Gasteiger partial charge in [-0.15, -0.1) is 0 Å². The normalized spacial score (nSPS) is 16.6. The first-order chi connectivity index (χ1) is 7.54. The van der Waals surface area contributed by atoms with Gasteiger partial charge >= 0.3 is 0 Å². The first-order valence-electron chi connectivity index (χ1n) is 6.18. The van der Waals surface area contributed by atoms with Crippen molar-refractivity contribution in [2.45, 2.75) is 39.2 Å². The summed E-state index contributed by atoms with van der Waals surface area (Å²) in [4.78, 5) is 2.46. The largest absolute Gasteiger partial charge is 0.380 e. The van der Waals surface area contributed by atoms with Crippen molar-refractivity contribution in [1.29, 1.82) is 0 Å².